The Labute approximate surface area is 172 Å². The molecule has 0 saturated carbocycles. The number of nitrogens with one attached hydrogen (secondary N) is 1. The summed E-state index contributed by atoms with van der Waals surface area (Å²) in [7, 11) is -3.50. The summed E-state index contributed by atoms with van der Waals surface area (Å²) in [6.07, 6.45) is 2.44. The van der Waals surface area contributed by atoms with Crippen LogP contribution in [0, 0.1) is 0 Å². The summed E-state index contributed by atoms with van der Waals surface area (Å²) < 4.78 is 32.1. The summed E-state index contributed by atoms with van der Waals surface area (Å²) in [6.45, 7) is 4.80. The smallest absolute Gasteiger partial charge is 0.328 e. The van der Waals surface area contributed by atoms with Gasteiger partial charge in [0.25, 0.3) is 5.91 Å². The van der Waals surface area contributed by atoms with E-state index < -0.39 is 16.1 Å². The molecule has 2 fully saturated rings. The van der Waals surface area contributed by atoms with Crippen LogP contribution in [0.5, 0.6) is 0 Å². The molecule has 1 aromatic rings. The Kier molecular flexibility index (Phi) is 7.26. The number of carbonyl (C=O) groups excluding carboxylic acids is 2. The molecule has 1 N–H and O–H groups in total. The summed E-state index contributed by atoms with van der Waals surface area (Å²) in [6, 6.07) is 7.93. The molecule has 29 heavy (non-hydrogen) atoms. The number of piperidine rings is 1. The van der Waals surface area contributed by atoms with Crippen LogP contribution in [-0.4, -0.2) is 81.4 Å². The largest absolute Gasteiger partial charge is 0.464 e. The van der Waals surface area contributed by atoms with Gasteiger partial charge in [0, 0.05) is 6.54 Å². The van der Waals surface area contributed by atoms with Crippen molar-refractivity contribution in [1.82, 2.24) is 9.21 Å². The molecule has 1 atom stereocenters. The van der Waals surface area contributed by atoms with Crippen LogP contribution in [0.4, 0.5) is 0 Å². The van der Waals surface area contributed by atoms with E-state index in [0.717, 1.165) is 17.7 Å². The molecule has 2 aliphatic heterocycles. The predicted molar refractivity (Wildman–Crippen MR) is 107 cm³/mol. The third kappa shape index (κ3) is 5.15. The zero-order valence-corrected chi connectivity index (χ0v) is 17.7. The summed E-state index contributed by atoms with van der Waals surface area (Å²) in [4.78, 5) is 28.0. The number of likely N-dealkylation sites (tertiary alicyclic amines) is 1. The highest BCUT2D eigenvalue weighted by atomic mass is 32.2. The zero-order chi connectivity index (χ0) is 20.9. The topological polar surface area (TPSA) is 88.4 Å². The zero-order valence-electron chi connectivity index (χ0n) is 16.9. The number of esters is 1. The van der Waals surface area contributed by atoms with Crippen LogP contribution in [0.1, 0.15) is 26.2 Å². The maximum absolute atomic E-state index is 12.9. The highest BCUT2D eigenvalue weighted by molar-refractivity contribution is 7.89. The molecule has 2 aliphatic rings. The Morgan fingerprint density at radius 1 is 1.10 bits per heavy atom. The molecule has 0 aromatic heterocycles. The second-order valence-corrected chi connectivity index (χ2v) is 9.43. The number of rotatable bonds is 6. The number of carbonyl (C=O) groups is 2. The molecule has 0 unspecified atom stereocenters. The Bertz CT molecular complexity index is 807. The van der Waals surface area contributed by atoms with Crippen molar-refractivity contribution in [2.45, 2.75) is 37.1 Å². The lowest BCUT2D eigenvalue weighted by Crippen LogP contribution is -3.15. The van der Waals surface area contributed by atoms with E-state index in [9.17, 15) is 18.0 Å². The molecule has 1 aromatic carbocycles. The highest BCUT2D eigenvalue weighted by Gasteiger charge is 2.36. The van der Waals surface area contributed by atoms with Gasteiger partial charge in [-0.1, -0.05) is 18.2 Å². The lowest BCUT2D eigenvalue weighted by atomic mass is 10.0. The molecule has 2 heterocycles. The summed E-state index contributed by atoms with van der Waals surface area (Å²) in [5.41, 5.74) is 0. The first-order valence-corrected chi connectivity index (χ1v) is 11.7. The van der Waals surface area contributed by atoms with E-state index in [4.69, 9.17) is 4.74 Å². The molecule has 9 heteroatoms. The maximum atomic E-state index is 12.9. The van der Waals surface area contributed by atoms with E-state index in [-0.39, 0.29) is 18.4 Å². The van der Waals surface area contributed by atoms with Crippen LogP contribution in [0.15, 0.2) is 35.2 Å². The number of ether oxygens (including phenoxy) is 1. The van der Waals surface area contributed by atoms with Crippen molar-refractivity contribution in [3.05, 3.63) is 30.3 Å². The lowest BCUT2D eigenvalue weighted by Gasteiger charge is -2.36. The first kappa shape index (κ1) is 21.7. The Morgan fingerprint density at radius 3 is 2.45 bits per heavy atom. The van der Waals surface area contributed by atoms with E-state index in [0.29, 0.717) is 50.6 Å². The van der Waals surface area contributed by atoms with Gasteiger partial charge in [0.2, 0.25) is 10.0 Å². The molecule has 3 rings (SSSR count). The monoisotopic (exact) mass is 424 g/mol. The maximum Gasteiger partial charge on any atom is 0.328 e. The molecule has 2 saturated heterocycles. The van der Waals surface area contributed by atoms with E-state index in [2.05, 4.69) is 0 Å². The fraction of sp³-hybridized carbons (Fsp3) is 0.600. The summed E-state index contributed by atoms with van der Waals surface area (Å²) >= 11 is 0. The van der Waals surface area contributed by atoms with E-state index in [1.807, 2.05) is 0 Å². The van der Waals surface area contributed by atoms with E-state index in [1.54, 1.807) is 42.2 Å². The predicted octanol–water partition coefficient (Wildman–Crippen LogP) is -0.480. The highest BCUT2D eigenvalue weighted by Crippen LogP contribution is 2.18. The third-order valence-electron chi connectivity index (χ3n) is 5.59. The molecule has 1 amide bonds. The normalized spacial score (nSPS) is 21.7. The summed E-state index contributed by atoms with van der Waals surface area (Å²) in [5.74, 6) is -0.383. The van der Waals surface area contributed by atoms with Crippen LogP contribution in [0.2, 0.25) is 0 Å². The van der Waals surface area contributed by atoms with Gasteiger partial charge in [-0.3, -0.25) is 4.79 Å². The van der Waals surface area contributed by atoms with Crippen LogP contribution in [0.25, 0.3) is 0 Å². The summed E-state index contributed by atoms with van der Waals surface area (Å²) in [5, 5.41) is 0. The fourth-order valence-electron chi connectivity index (χ4n) is 3.99. The van der Waals surface area contributed by atoms with Crippen molar-refractivity contribution < 1.29 is 27.6 Å². The van der Waals surface area contributed by atoms with Crippen molar-refractivity contribution in [2.75, 3.05) is 45.9 Å². The second kappa shape index (κ2) is 9.69. The van der Waals surface area contributed by atoms with Gasteiger partial charge in [-0.15, -0.1) is 0 Å². The number of amides is 1. The van der Waals surface area contributed by atoms with Crippen LogP contribution in [0.3, 0.4) is 0 Å². The molecule has 8 nitrogen and oxygen atoms in total. The average Bonchev–Trinajstić information content (AvgIpc) is 2.75. The molecule has 0 spiro atoms. The second-order valence-electron chi connectivity index (χ2n) is 7.49. The minimum absolute atomic E-state index is 0.0582. The molecule has 0 aliphatic carbocycles. The molecular formula is C20H30N3O5S+. The van der Waals surface area contributed by atoms with Crippen LogP contribution < -0.4 is 4.90 Å². The van der Waals surface area contributed by atoms with Crippen LogP contribution in [-0.2, 0) is 24.3 Å². The molecular weight excluding hydrogens is 394 g/mol. The van der Waals surface area contributed by atoms with Gasteiger partial charge < -0.3 is 14.5 Å². The Hall–Kier alpha value is -1.97. The Balaban J connectivity index is 1.56. The van der Waals surface area contributed by atoms with Gasteiger partial charge in [0.1, 0.15) is 6.04 Å². The quantitative estimate of drug-likeness (QED) is 0.624. The van der Waals surface area contributed by atoms with Crippen LogP contribution >= 0.6 is 0 Å². The van der Waals surface area contributed by atoms with Gasteiger partial charge >= 0.3 is 5.97 Å². The van der Waals surface area contributed by atoms with Gasteiger partial charge in [-0.05, 0) is 38.3 Å². The molecule has 0 bridgehead atoms. The van der Waals surface area contributed by atoms with Crippen molar-refractivity contribution in [1.29, 1.82) is 0 Å². The van der Waals surface area contributed by atoms with Gasteiger partial charge in [-0.25, -0.2) is 13.2 Å². The van der Waals surface area contributed by atoms with Gasteiger partial charge in [0.05, 0.1) is 37.7 Å². The van der Waals surface area contributed by atoms with Crippen molar-refractivity contribution in [3.8, 4) is 0 Å². The van der Waals surface area contributed by atoms with Crippen molar-refractivity contribution in [3.63, 3.8) is 0 Å². The number of hydrogen-bond acceptors (Lipinski definition) is 5. The van der Waals surface area contributed by atoms with Gasteiger partial charge in [-0.2, -0.15) is 4.31 Å². The fourth-order valence-corrected chi connectivity index (χ4v) is 5.45. The van der Waals surface area contributed by atoms with Gasteiger partial charge in [0.15, 0.2) is 6.54 Å². The number of nitrogens with zero attached hydrogens (tertiary/aromatic N) is 2. The average molecular weight is 425 g/mol. The first-order valence-electron chi connectivity index (χ1n) is 10.3. The number of piperazine rings is 1. The molecule has 160 valence electrons. The van der Waals surface area contributed by atoms with Crippen molar-refractivity contribution >= 4 is 21.9 Å². The number of benzene rings is 1. The number of quaternary nitrogens is 1. The lowest BCUT2D eigenvalue weighted by molar-refractivity contribution is -0.896. The third-order valence-corrected chi connectivity index (χ3v) is 7.51. The van der Waals surface area contributed by atoms with Crippen molar-refractivity contribution in [2.24, 2.45) is 0 Å². The van der Waals surface area contributed by atoms with E-state index in [1.165, 1.54) is 4.31 Å². The number of sulfonamides is 1. The first-order chi connectivity index (χ1) is 13.9. The minimum Gasteiger partial charge on any atom is -0.464 e. The van der Waals surface area contributed by atoms with E-state index >= 15 is 0 Å². The molecule has 0 radical (unpaired) electrons. The number of hydrogen-bond donors (Lipinski definition) is 1. The standard InChI is InChI=1S/C20H29N3O5S/c1-2-28-20(25)18-10-6-7-11-23(18)19(24)16-21-12-14-22(15-13-21)29(26,27)17-8-4-3-5-9-17/h3-5,8-9,18H,2,6-7,10-16H2,1H3/p+1/t18-/m0/s1. The SMILES string of the molecule is CCOC(=O)[C@@H]1CCCCN1C(=O)C[NH+]1CCN(S(=O)(=O)c2ccccc2)CC1. The Morgan fingerprint density at radius 2 is 1.79 bits per heavy atom. The minimum atomic E-state index is -3.50.